The Morgan fingerprint density at radius 2 is 1.97 bits per heavy atom. The molecule has 2 aliphatic rings. The number of nitrogens with zero attached hydrogens (tertiary/aromatic N) is 6. The van der Waals surface area contributed by atoms with Crippen LogP contribution in [0.5, 0.6) is 0 Å². The lowest BCUT2D eigenvalue weighted by atomic mass is 9.91. The molecule has 3 aromatic heterocycles. The van der Waals surface area contributed by atoms with Crippen molar-refractivity contribution in [2.24, 2.45) is 0 Å². The molecule has 170 valence electrons. The van der Waals surface area contributed by atoms with Crippen LogP contribution in [-0.4, -0.2) is 78.0 Å². The Labute approximate surface area is 180 Å². The molecular formula is C20H22F3N7O2. The fraction of sp³-hybridized carbons (Fsp3) is 0.500. The first-order chi connectivity index (χ1) is 15.2. The molecule has 2 unspecified atom stereocenters. The minimum absolute atomic E-state index is 0.169. The second-order valence-electron chi connectivity index (χ2n) is 8.41. The molecule has 0 aromatic carbocycles. The summed E-state index contributed by atoms with van der Waals surface area (Å²) >= 11 is 0. The van der Waals surface area contributed by atoms with Crippen LogP contribution in [0.4, 0.5) is 13.2 Å². The van der Waals surface area contributed by atoms with Crippen LogP contribution in [0.25, 0.3) is 11.5 Å². The molecule has 12 heteroatoms. The number of halogens is 3. The van der Waals surface area contributed by atoms with Gasteiger partial charge in [0.1, 0.15) is 5.52 Å². The largest absolute Gasteiger partial charge is 0.401 e. The first kappa shape index (κ1) is 20.7. The molecule has 1 amide bonds. The number of carbonyl (C=O) groups excluding carboxylic acids is 1. The molecule has 2 atom stereocenters. The molecule has 3 aromatic rings. The summed E-state index contributed by atoms with van der Waals surface area (Å²) in [4.78, 5) is 31.3. The van der Waals surface area contributed by atoms with Crippen LogP contribution < -0.4 is 5.56 Å². The molecule has 2 bridgehead atoms. The molecule has 2 saturated heterocycles. The maximum absolute atomic E-state index is 13.3. The molecule has 0 radical (unpaired) electrons. The monoisotopic (exact) mass is 449 g/mol. The van der Waals surface area contributed by atoms with Crippen molar-refractivity contribution in [3.05, 3.63) is 46.1 Å². The van der Waals surface area contributed by atoms with Crippen LogP contribution in [0, 0.1) is 6.92 Å². The van der Waals surface area contributed by atoms with E-state index in [0.29, 0.717) is 29.6 Å². The number of aromatic amines is 1. The normalized spacial score (nSPS) is 21.9. The Morgan fingerprint density at radius 1 is 1.25 bits per heavy atom. The molecule has 2 aliphatic heterocycles. The number of piperidine rings is 1. The minimum Gasteiger partial charge on any atom is -0.335 e. The molecule has 5 heterocycles. The number of amides is 1. The van der Waals surface area contributed by atoms with Crippen molar-refractivity contribution >= 4 is 11.4 Å². The lowest BCUT2D eigenvalue weighted by molar-refractivity contribution is -0.167. The van der Waals surface area contributed by atoms with Gasteiger partial charge in [0.15, 0.2) is 0 Å². The fourth-order valence-electron chi connectivity index (χ4n) is 4.86. The standard InChI is InChI=1S/C20H22F3N7O2/c1-12-15(8-24-30(12)19-25-17(31)16-6-3-7-29(16)26-19)18(32)27-9-13-4-2-5-14(10-27)28(13)11-20(21,22)23/h3,6-8,13-14H,2,4-5,9-11H2,1H3,(H,25,26,31). The average molecular weight is 449 g/mol. The summed E-state index contributed by atoms with van der Waals surface area (Å²) in [5.74, 6) is -0.108. The van der Waals surface area contributed by atoms with Gasteiger partial charge in [-0.05, 0) is 31.9 Å². The molecule has 9 nitrogen and oxygen atoms in total. The number of likely N-dealkylation sites (tertiary alicyclic amines) is 1. The van der Waals surface area contributed by atoms with E-state index in [1.165, 1.54) is 20.3 Å². The van der Waals surface area contributed by atoms with E-state index in [2.05, 4.69) is 15.2 Å². The number of rotatable bonds is 3. The van der Waals surface area contributed by atoms with E-state index in [1.807, 2.05) is 0 Å². The van der Waals surface area contributed by atoms with E-state index in [-0.39, 0.29) is 42.6 Å². The topological polar surface area (TPSA) is 91.5 Å². The number of hydrogen-bond acceptors (Lipinski definition) is 5. The Morgan fingerprint density at radius 3 is 2.66 bits per heavy atom. The van der Waals surface area contributed by atoms with Gasteiger partial charge in [0, 0.05) is 31.4 Å². The summed E-state index contributed by atoms with van der Waals surface area (Å²) in [5, 5.41) is 8.56. The zero-order valence-electron chi connectivity index (χ0n) is 17.3. The summed E-state index contributed by atoms with van der Waals surface area (Å²) in [6, 6.07) is 2.72. The number of aromatic nitrogens is 5. The Balaban J connectivity index is 1.40. The number of alkyl halides is 3. The van der Waals surface area contributed by atoms with Gasteiger partial charge in [0.25, 0.3) is 11.5 Å². The maximum Gasteiger partial charge on any atom is 0.401 e. The summed E-state index contributed by atoms with van der Waals surface area (Å²) in [7, 11) is 0. The van der Waals surface area contributed by atoms with Crippen molar-refractivity contribution in [3.63, 3.8) is 0 Å². The zero-order chi connectivity index (χ0) is 22.6. The van der Waals surface area contributed by atoms with Crippen LogP contribution >= 0.6 is 0 Å². The summed E-state index contributed by atoms with van der Waals surface area (Å²) in [6.07, 6.45) is 0.924. The fourth-order valence-corrected chi connectivity index (χ4v) is 4.86. The predicted octanol–water partition coefficient (Wildman–Crippen LogP) is 1.76. The van der Waals surface area contributed by atoms with Gasteiger partial charge in [-0.15, -0.1) is 5.10 Å². The van der Waals surface area contributed by atoms with Gasteiger partial charge in [0.05, 0.1) is 24.0 Å². The van der Waals surface area contributed by atoms with Crippen LogP contribution in [0.3, 0.4) is 0 Å². The van der Waals surface area contributed by atoms with Gasteiger partial charge < -0.3 is 4.90 Å². The van der Waals surface area contributed by atoms with Crippen LogP contribution in [0.2, 0.25) is 0 Å². The lowest BCUT2D eigenvalue weighted by Gasteiger charge is -2.50. The highest BCUT2D eigenvalue weighted by Crippen LogP contribution is 2.32. The van der Waals surface area contributed by atoms with Crippen molar-refractivity contribution in [2.45, 2.75) is 44.4 Å². The van der Waals surface area contributed by atoms with Crippen molar-refractivity contribution in [1.82, 2.24) is 34.2 Å². The van der Waals surface area contributed by atoms with Gasteiger partial charge in [-0.25, -0.2) is 9.20 Å². The van der Waals surface area contributed by atoms with Gasteiger partial charge in [0.2, 0.25) is 5.95 Å². The lowest BCUT2D eigenvalue weighted by Crippen LogP contribution is -2.63. The van der Waals surface area contributed by atoms with E-state index in [4.69, 9.17) is 0 Å². The smallest absolute Gasteiger partial charge is 0.335 e. The maximum atomic E-state index is 13.3. The van der Waals surface area contributed by atoms with Gasteiger partial charge in [-0.1, -0.05) is 6.42 Å². The van der Waals surface area contributed by atoms with Gasteiger partial charge in [-0.3, -0.25) is 19.5 Å². The highest BCUT2D eigenvalue weighted by Gasteiger charge is 2.44. The van der Waals surface area contributed by atoms with Crippen molar-refractivity contribution in [1.29, 1.82) is 0 Å². The van der Waals surface area contributed by atoms with Crippen LogP contribution in [0.1, 0.15) is 35.3 Å². The van der Waals surface area contributed by atoms with Crippen molar-refractivity contribution in [3.8, 4) is 5.95 Å². The van der Waals surface area contributed by atoms with Gasteiger partial charge >= 0.3 is 6.18 Å². The number of hydrogen-bond donors (Lipinski definition) is 1. The molecule has 5 rings (SSSR count). The second-order valence-corrected chi connectivity index (χ2v) is 8.41. The Kier molecular flexibility index (Phi) is 4.84. The average Bonchev–Trinajstić information content (AvgIpc) is 3.33. The number of nitrogens with one attached hydrogen (secondary N) is 1. The van der Waals surface area contributed by atoms with E-state index in [0.717, 1.165) is 6.42 Å². The number of fused-ring (bicyclic) bond motifs is 3. The Hall–Kier alpha value is -3.15. The zero-order valence-corrected chi connectivity index (χ0v) is 17.3. The molecule has 32 heavy (non-hydrogen) atoms. The van der Waals surface area contributed by atoms with Crippen LogP contribution in [0.15, 0.2) is 29.3 Å². The van der Waals surface area contributed by atoms with E-state index >= 15 is 0 Å². The Bertz CT molecular complexity index is 1210. The third-order valence-corrected chi connectivity index (χ3v) is 6.35. The number of piperazine rings is 1. The highest BCUT2D eigenvalue weighted by molar-refractivity contribution is 5.95. The first-order valence-electron chi connectivity index (χ1n) is 10.5. The molecule has 1 N–H and O–H groups in total. The molecule has 2 fully saturated rings. The number of H-pyrrole nitrogens is 1. The molecule has 0 aliphatic carbocycles. The third kappa shape index (κ3) is 3.57. The summed E-state index contributed by atoms with van der Waals surface area (Å²) < 4.78 is 41.9. The second kappa shape index (κ2) is 7.47. The number of carbonyl (C=O) groups is 1. The molecular weight excluding hydrogens is 427 g/mol. The van der Waals surface area contributed by atoms with Crippen molar-refractivity contribution in [2.75, 3.05) is 19.6 Å². The van der Waals surface area contributed by atoms with E-state index in [9.17, 15) is 22.8 Å². The predicted molar refractivity (Wildman–Crippen MR) is 108 cm³/mol. The highest BCUT2D eigenvalue weighted by atomic mass is 19.4. The van der Waals surface area contributed by atoms with Gasteiger partial charge in [-0.2, -0.15) is 18.3 Å². The minimum atomic E-state index is -4.26. The third-order valence-electron chi connectivity index (χ3n) is 6.35. The SMILES string of the molecule is Cc1c(C(=O)N2CC3CCCC(C2)N3CC(F)(F)F)cnn1-c1nn2cccc2c(=O)[nH]1. The van der Waals surface area contributed by atoms with E-state index < -0.39 is 12.7 Å². The quantitative estimate of drug-likeness (QED) is 0.658. The summed E-state index contributed by atoms with van der Waals surface area (Å²) in [6.45, 7) is 1.25. The molecule has 0 saturated carbocycles. The first-order valence-corrected chi connectivity index (χ1v) is 10.5. The molecule has 0 spiro atoms. The summed E-state index contributed by atoms with van der Waals surface area (Å²) in [5.41, 5.74) is 0.879. The van der Waals surface area contributed by atoms with Crippen molar-refractivity contribution < 1.29 is 18.0 Å². The van der Waals surface area contributed by atoms with Crippen LogP contribution in [-0.2, 0) is 0 Å². The van der Waals surface area contributed by atoms with E-state index in [1.54, 1.807) is 30.2 Å².